The Hall–Kier alpha value is -1.04. The molecule has 1 aromatic heterocycles. The highest BCUT2D eigenvalue weighted by Crippen LogP contribution is 2.11. The Kier molecular flexibility index (Phi) is 15.0. The summed E-state index contributed by atoms with van der Waals surface area (Å²) in [5.41, 5.74) is 0. The van der Waals surface area contributed by atoms with Crippen LogP contribution in [0.1, 0.15) is 51.3 Å². The lowest BCUT2D eigenvalue weighted by atomic mass is 10.2. The zero-order chi connectivity index (χ0) is 20.7. The fraction of sp³-hybridized carbons (Fsp3) is 0.800. The van der Waals surface area contributed by atoms with Crippen LogP contribution in [-0.2, 0) is 17.8 Å². The van der Waals surface area contributed by atoms with Gasteiger partial charge in [0.2, 0.25) is 5.91 Å². The topological polar surface area (TPSA) is 87.4 Å². The third-order valence-electron chi connectivity index (χ3n) is 5.00. The second-order valence-corrected chi connectivity index (χ2v) is 8.25. The Morgan fingerprint density at radius 2 is 2.03 bits per heavy atom. The van der Waals surface area contributed by atoms with E-state index in [1.54, 1.807) is 6.33 Å². The van der Waals surface area contributed by atoms with Crippen LogP contribution in [0, 0.1) is 0 Å². The summed E-state index contributed by atoms with van der Waals surface area (Å²) < 4.78 is 2.07. The molecular formula is C20H38IN7OS. The van der Waals surface area contributed by atoms with Gasteiger partial charge in [-0.25, -0.2) is 0 Å². The molecule has 8 nitrogen and oxygen atoms in total. The molecule has 1 amide bonds. The summed E-state index contributed by atoms with van der Waals surface area (Å²) in [5.74, 6) is 3.29. The molecule has 0 atom stereocenters. The largest absolute Gasteiger partial charge is 0.356 e. The zero-order valence-electron chi connectivity index (χ0n) is 18.4. The van der Waals surface area contributed by atoms with Gasteiger partial charge in [-0.1, -0.05) is 13.3 Å². The van der Waals surface area contributed by atoms with Crippen molar-refractivity contribution in [3.05, 3.63) is 12.2 Å². The normalized spacial score (nSPS) is 14.9. The predicted molar refractivity (Wildman–Crippen MR) is 136 cm³/mol. The second-order valence-electron chi connectivity index (χ2n) is 7.27. The van der Waals surface area contributed by atoms with Gasteiger partial charge in [0.25, 0.3) is 0 Å². The number of guanidine groups is 1. The van der Waals surface area contributed by atoms with Crippen LogP contribution in [0.3, 0.4) is 0 Å². The van der Waals surface area contributed by atoms with Crippen molar-refractivity contribution in [3.8, 4) is 0 Å². The van der Waals surface area contributed by atoms with E-state index in [2.05, 4.69) is 38.6 Å². The molecule has 172 valence electrons. The molecule has 2 heterocycles. The first-order valence-corrected chi connectivity index (χ1v) is 12.3. The lowest BCUT2D eigenvalue weighted by Crippen LogP contribution is -2.40. The number of hydrogen-bond acceptors (Lipinski definition) is 5. The summed E-state index contributed by atoms with van der Waals surface area (Å²) in [6, 6.07) is 0. The average molecular weight is 552 g/mol. The SMILES string of the molecule is CCc1nncn1CCNC(=NCCCN1CCCCCC1=O)NCCCSC.I. The Bertz CT molecular complexity index is 626. The number of nitrogens with one attached hydrogen (secondary N) is 2. The monoisotopic (exact) mass is 551 g/mol. The van der Waals surface area contributed by atoms with Gasteiger partial charge in [0.1, 0.15) is 12.2 Å². The minimum atomic E-state index is 0. The van der Waals surface area contributed by atoms with E-state index in [9.17, 15) is 4.79 Å². The van der Waals surface area contributed by atoms with Crippen LogP contribution in [-0.4, -0.2) is 76.3 Å². The first-order chi connectivity index (χ1) is 14.2. The van der Waals surface area contributed by atoms with E-state index in [4.69, 9.17) is 4.99 Å². The molecular weight excluding hydrogens is 513 g/mol. The number of rotatable bonds is 12. The molecule has 1 saturated heterocycles. The van der Waals surface area contributed by atoms with Crippen LogP contribution in [0.2, 0.25) is 0 Å². The minimum Gasteiger partial charge on any atom is -0.356 e. The maximum absolute atomic E-state index is 12.1. The van der Waals surface area contributed by atoms with Crippen molar-refractivity contribution in [3.63, 3.8) is 0 Å². The number of hydrogen-bond donors (Lipinski definition) is 2. The second kappa shape index (κ2) is 16.6. The van der Waals surface area contributed by atoms with Gasteiger partial charge in [-0.3, -0.25) is 9.79 Å². The van der Waals surface area contributed by atoms with Crippen LogP contribution in [0.25, 0.3) is 0 Å². The highest BCUT2D eigenvalue weighted by molar-refractivity contribution is 14.0. The van der Waals surface area contributed by atoms with Crippen molar-refractivity contribution in [2.24, 2.45) is 4.99 Å². The summed E-state index contributed by atoms with van der Waals surface area (Å²) in [6.07, 6.45) is 10.8. The van der Waals surface area contributed by atoms with Crippen molar-refractivity contribution in [1.29, 1.82) is 0 Å². The van der Waals surface area contributed by atoms with Crippen LogP contribution in [0.4, 0.5) is 0 Å². The molecule has 1 aliphatic rings. The van der Waals surface area contributed by atoms with Crippen molar-refractivity contribution < 1.29 is 4.79 Å². The number of nitrogens with zero attached hydrogens (tertiary/aromatic N) is 5. The number of aryl methyl sites for hydroxylation is 1. The summed E-state index contributed by atoms with van der Waals surface area (Å²) in [4.78, 5) is 18.8. The molecule has 0 unspecified atom stereocenters. The average Bonchev–Trinajstić information content (AvgIpc) is 3.09. The van der Waals surface area contributed by atoms with Gasteiger partial charge in [0.05, 0.1) is 0 Å². The number of carbonyl (C=O) groups excluding carboxylic acids is 1. The number of likely N-dealkylation sites (tertiary alicyclic amines) is 1. The molecule has 0 aromatic carbocycles. The van der Waals surface area contributed by atoms with Gasteiger partial charge in [-0.15, -0.1) is 34.2 Å². The maximum atomic E-state index is 12.1. The van der Waals surface area contributed by atoms with E-state index in [-0.39, 0.29) is 24.0 Å². The molecule has 0 bridgehead atoms. The van der Waals surface area contributed by atoms with Crippen molar-refractivity contribution in [2.75, 3.05) is 44.7 Å². The molecule has 1 aromatic rings. The van der Waals surface area contributed by atoms with Gasteiger partial charge in [0, 0.05) is 52.1 Å². The van der Waals surface area contributed by atoms with Gasteiger partial charge < -0.3 is 20.1 Å². The van der Waals surface area contributed by atoms with Crippen LogP contribution in [0.15, 0.2) is 11.3 Å². The summed E-state index contributed by atoms with van der Waals surface area (Å²) in [5, 5.41) is 15.0. The standard InChI is InChI=1S/C20H37N7OS.HI/c1-3-18-25-24-17-27(18)15-12-23-20(22-11-8-16-29-2)21-10-7-14-26-13-6-4-5-9-19(26)28;/h17H,3-16H2,1-2H3,(H2,21,22,23);1H. The molecule has 0 saturated carbocycles. The molecule has 30 heavy (non-hydrogen) atoms. The summed E-state index contributed by atoms with van der Waals surface area (Å²) >= 11 is 1.86. The van der Waals surface area contributed by atoms with E-state index < -0.39 is 0 Å². The lowest BCUT2D eigenvalue weighted by molar-refractivity contribution is -0.130. The van der Waals surface area contributed by atoms with Crippen LogP contribution < -0.4 is 10.6 Å². The molecule has 1 fully saturated rings. The molecule has 2 rings (SSSR count). The fourth-order valence-corrected chi connectivity index (χ4v) is 3.79. The molecule has 0 aliphatic carbocycles. The fourth-order valence-electron chi connectivity index (χ4n) is 3.36. The Labute approximate surface area is 202 Å². The van der Waals surface area contributed by atoms with Crippen LogP contribution in [0.5, 0.6) is 0 Å². The van der Waals surface area contributed by atoms with Gasteiger partial charge in [-0.05, 0) is 37.7 Å². The quantitative estimate of drug-likeness (QED) is 0.180. The van der Waals surface area contributed by atoms with E-state index >= 15 is 0 Å². The number of thioether (sulfide) groups is 1. The number of aliphatic imine (C=N–C) groups is 1. The minimum absolute atomic E-state index is 0. The maximum Gasteiger partial charge on any atom is 0.222 e. The smallest absolute Gasteiger partial charge is 0.222 e. The number of amides is 1. The van der Waals surface area contributed by atoms with Crippen LogP contribution >= 0.6 is 35.7 Å². The first kappa shape index (κ1) is 27.0. The van der Waals surface area contributed by atoms with Crippen molar-refractivity contribution in [2.45, 2.75) is 58.4 Å². The van der Waals surface area contributed by atoms with E-state index in [0.29, 0.717) is 18.9 Å². The molecule has 10 heteroatoms. The van der Waals surface area contributed by atoms with E-state index in [1.165, 1.54) is 6.42 Å². The zero-order valence-corrected chi connectivity index (χ0v) is 21.6. The predicted octanol–water partition coefficient (Wildman–Crippen LogP) is 2.54. The molecule has 2 N–H and O–H groups in total. The Balaban J connectivity index is 0.00000450. The third-order valence-corrected chi connectivity index (χ3v) is 5.70. The number of carbonyl (C=O) groups is 1. The van der Waals surface area contributed by atoms with E-state index in [0.717, 1.165) is 82.4 Å². The van der Waals surface area contributed by atoms with Gasteiger partial charge in [0.15, 0.2) is 5.96 Å². The summed E-state index contributed by atoms with van der Waals surface area (Å²) in [6.45, 7) is 7.00. The molecule has 0 spiro atoms. The first-order valence-electron chi connectivity index (χ1n) is 10.9. The Morgan fingerprint density at radius 3 is 2.83 bits per heavy atom. The van der Waals surface area contributed by atoms with Crippen molar-refractivity contribution >= 4 is 47.6 Å². The number of halogens is 1. The Morgan fingerprint density at radius 1 is 1.20 bits per heavy atom. The van der Waals surface area contributed by atoms with E-state index in [1.807, 2.05) is 16.7 Å². The van der Waals surface area contributed by atoms with Crippen molar-refractivity contribution in [1.82, 2.24) is 30.3 Å². The van der Waals surface area contributed by atoms with Gasteiger partial charge >= 0.3 is 0 Å². The molecule has 1 aliphatic heterocycles. The highest BCUT2D eigenvalue weighted by atomic mass is 127. The highest BCUT2D eigenvalue weighted by Gasteiger charge is 2.15. The summed E-state index contributed by atoms with van der Waals surface area (Å²) in [7, 11) is 0. The van der Waals surface area contributed by atoms with Gasteiger partial charge in [-0.2, -0.15) is 11.8 Å². The lowest BCUT2D eigenvalue weighted by Gasteiger charge is -2.20. The molecule has 0 radical (unpaired) electrons. The third kappa shape index (κ3) is 10.3. The number of aromatic nitrogens is 3.